The maximum Gasteiger partial charge on any atom is 0.328 e. The lowest BCUT2D eigenvalue weighted by molar-refractivity contribution is -0.131. The second-order valence-corrected chi connectivity index (χ2v) is 5.11. The number of hydrogen-bond donors (Lipinski definition) is 1. The Morgan fingerprint density at radius 2 is 2.00 bits per heavy atom. The van der Waals surface area contributed by atoms with Crippen molar-refractivity contribution in [3.63, 3.8) is 0 Å². The van der Waals surface area contributed by atoms with Gasteiger partial charge in [-0.1, -0.05) is 41.4 Å². The average Bonchev–Trinajstić information content (AvgIpc) is 2.45. The maximum atomic E-state index is 10.5. The van der Waals surface area contributed by atoms with Crippen molar-refractivity contribution < 1.29 is 14.6 Å². The maximum absolute atomic E-state index is 10.5. The van der Waals surface area contributed by atoms with Gasteiger partial charge in [0.25, 0.3) is 0 Å². The van der Waals surface area contributed by atoms with Crippen LogP contribution in [0.5, 0.6) is 5.75 Å². The zero-order chi connectivity index (χ0) is 15.2. The van der Waals surface area contributed by atoms with E-state index in [4.69, 9.17) is 33.0 Å². The molecular weight excluding hydrogens is 311 g/mol. The zero-order valence-corrected chi connectivity index (χ0v) is 12.4. The summed E-state index contributed by atoms with van der Waals surface area (Å²) < 4.78 is 5.65. The van der Waals surface area contributed by atoms with Crippen LogP contribution in [0.25, 0.3) is 6.08 Å². The minimum atomic E-state index is -0.991. The van der Waals surface area contributed by atoms with Gasteiger partial charge in [-0.3, -0.25) is 0 Å². The molecule has 0 aliphatic heterocycles. The first-order valence-electron chi connectivity index (χ1n) is 6.12. The summed E-state index contributed by atoms with van der Waals surface area (Å²) in [7, 11) is 0. The summed E-state index contributed by atoms with van der Waals surface area (Å²) in [6.07, 6.45) is 2.58. The lowest BCUT2D eigenvalue weighted by atomic mass is 10.2. The molecule has 1 N–H and O–H groups in total. The molecule has 0 radical (unpaired) electrons. The van der Waals surface area contributed by atoms with Gasteiger partial charge in [-0.25, -0.2) is 4.79 Å². The van der Waals surface area contributed by atoms with E-state index in [0.717, 1.165) is 17.2 Å². The number of aliphatic carboxylic acids is 1. The van der Waals surface area contributed by atoms with Crippen LogP contribution < -0.4 is 4.74 Å². The molecule has 0 unspecified atom stereocenters. The van der Waals surface area contributed by atoms with Crippen molar-refractivity contribution in [3.05, 3.63) is 69.7 Å². The number of hydrogen-bond acceptors (Lipinski definition) is 2. The van der Waals surface area contributed by atoms with Crippen molar-refractivity contribution in [1.29, 1.82) is 0 Å². The summed E-state index contributed by atoms with van der Waals surface area (Å²) in [4.78, 5) is 10.5. The van der Waals surface area contributed by atoms with Crippen molar-refractivity contribution in [2.24, 2.45) is 0 Å². The van der Waals surface area contributed by atoms with Gasteiger partial charge in [0.05, 0.1) is 0 Å². The van der Waals surface area contributed by atoms with E-state index in [2.05, 4.69) is 0 Å². The minimum absolute atomic E-state index is 0.308. The van der Waals surface area contributed by atoms with Gasteiger partial charge in [0, 0.05) is 21.7 Å². The lowest BCUT2D eigenvalue weighted by Gasteiger charge is -2.08. The van der Waals surface area contributed by atoms with E-state index in [1.165, 1.54) is 6.08 Å². The third-order valence-electron chi connectivity index (χ3n) is 2.69. The van der Waals surface area contributed by atoms with Crippen molar-refractivity contribution in [2.75, 3.05) is 0 Å². The van der Waals surface area contributed by atoms with Crippen molar-refractivity contribution in [3.8, 4) is 5.75 Å². The normalized spacial score (nSPS) is 10.8. The van der Waals surface area contributed by atoms with Crippen LogP contribution in [0, 0.1) is 0 Å². The topological polar surface area (TPSA) is 46.5 Å². The predicted octanol–water partition coefficient (Wildman–Crippen LogP) is 4.67. The number of carbonyl (C=O) groups is 1. The van der Waals surface area contributed by atoms with Crippen LogP contribution in [0.15, 0.2) is 48.5 Å². The van der Waals surface area contributed by atoms with Crippen molar-refractivity contribution in [1.82, 2.24) is 0 Å². The molecule has 0 heterocycles. The van der Waals surface area contributed by atoms with E-state index >= 15 is 0 Å². The molecular formula is C16H12Cl2O3. The van der Waals surface area contributed by atoms with Crippen molar-refractivity contribution >= 4 is 35.2 Å². The second kappa shape index (κ2) is 7.16. The highest BCUT2D eigenvalue weighted by Crippen LogP contribution is 2.23. The molecule has 21 heavy (non-hydrogen) atoms. The van der Waals surface area contributed by atoms with Crippen LogP contribution in [0.2, 0.25) is 10.0 Å². The summed E-state index contributed by atoms with van der Waals surface area (Å²) in [6.45, 7) is 0.308. The number of benzene rings is 2. The molecule has 0 bridgehead atoms. The fraction of sp³-hybridized carbons (Fsp3) is 0.0625. The highest BCUT2D eigenvalue weighted by Gasteiger charge is 2.03. The van der Waals surface area contributed by atoms with Crippen LogP contribution in [0.4, 0.5) is 0 Å². The monoisotopic (exact) mass is 322 g/mol. The first kappa shape index (κ1) is 15.4. The molecule has 0 atom stereocenters. The van der Waals surface area contributed by atoms with E-state index in [-0.39, 0.29) is 0 Å². The molecule has 3 nitrogen and oxygen atoms in total. The molecule has 0 aliphatic carbocycles. The van der Waals surface area contributed by atoms with E-state index in [0.29, 0.717) is 22.4 Å². The minimum Gasteiger partial charge on any atom is -0.489 e. The molecule has 0 aliphatic rings. The molecule has 0 saturated carbocycles. The average molecular weight is 323 g/mol. The third kappa shape index (κ3) is 4.81. The summed E-state index contributed by atoms with van der Waals surface area (Å²) in [5.41, 5.74) is 1.57. The SMILES string of the molecule is O=C(O)/C=C/c1cccc(OCc2ccc(Cl)cc2Cl)c1. The Bertz CT molecular complexity index is 681. The molecule has 2 aromatic rings. The summed E-state index contributed by atoms with van der Waals surface area (Å²) in [5, 5.41) is 9.72. The van der Waals surface area contributed by atoms with Gasteiger partial charge in [-0.2, -0.15) is 0 Å². The number of carboxylic acid groups (broad SMARTS) is 1. The van der Waals surface area contributed by atoms with Crippen LogP contribution in [0.1, 0.15) is 11.1 Å². The van der Waals surface area contributed by atoms with E-state index in [1.54, 1.807) is 42.5 Å². The Labute approximate surface area is 132 Å². The van der Waals surface area contributed by atoms with Gasteiger partial charge in [-0.05, 0) is 35.9 Å². The van der Waals surface area contributed by atoms with Gasteiger partial charge < -0.3 is 9.84 Å². The number of ether oxygens (including phenoxy) is 1. The van der Waals surface area contributed by atoms with Gasteiger partial charge in [-0.15, -0.1) is 0 Å². The lowest BCUT2D eigenvalue weighted by Crippen LogP contribution is -1.96. The molecule has 0 fully saturated rings. The van der Waals surface area contributed by atoms with E-state index in [1.807, 2.05) is 0 Å². The Balaban J connectivity index is 2.06. The number of halogens is 2. The highest BCUT2D eigenvalue weighted by molar-refractivity contribution is 6.35. The Kier molecular flexibility index (Phi) is 5.26. The second-order valence-electron chi connectivity index (χ2n) is 4.27. The molecule has 2 rings (SSSR count). The summed E-state index contributed by atoms with van der Waals surface area (Å²) >= 11 is 11.9. The molecule has 0 spiro atoms. The fourth-order valence-corrected chi connectivity index (χ4v) is 2.14. The molecule has 2 aromatic carbocycles. The molecule has 0 saturated heterocycles. The van der Waals surface area contributed by atoms with Gasteiger partial charge in [0.15, 0.2) is 0 Å². The summed E-state index contributed by atoms with van der Waals surface area (Å²) in [5.74, 6) is -0.358. The Hall–Kier alpha value is -1.97. The fourth-order valence-electron chi connectivity index (χ4n) is 1.68. The first-order chi connectivity index (χ1) is 10.0. The van der Waals surface area contributed by atoms with Crippen LogP contribution in [-0.4, -0.2) is 11.1 Å². The standard InChI is InChI=1S/C16H12Cl2O3/c17-13-6-5-12(15(18)9-13)10-21-14-3-1-2-11(8-14)4-7-16(19)20/h1-9H,10H2,(H,19,20)/b7-4+. The highest BCUT2D eigenvalue weighted by atomic mass is 35.5. The molecule has 5 heteroatoms. The van der Waals surface area contributed by atoms with Gasteiger partial charge >= 0.3 is 5.97 Å². The third-order valence-corrected chi connectivity index (χ3v) is 3.27. The van der Waals surface area contributed by atoms with E-state index in [9.17, 15) is 4.79 Å². The Morgan fingerprint density at radius 1 is 1.19 bits per heavy atom. The zero-order valence-electron chi connectivity index (χ0n) is 10.9. The number of carboxylic acids is 1. The Morgan fingerprint density at radius 3 is 2.71 bits per heavy atom. The molecule has 0 amide bonds. The van der Waals surface area contributed by atoms with Gasteiger partial charge in [0.1, 0.15) is 12.4 Å². The van der Waals surface area contributed by atoms with Gasteiger partial charge in [0.2, 0.25) is 0 Å². The largest absolute Gasteiger partial charge is 0.489 e. The predicted molar refractivity (Wildman–Crippen MR) is 83.9 cm³/mol. The van der Waals surface area contributed by atoms with Crippen LogP contribution in [0.3, 0.4) is 0 Å². The van der Waals surface area contributed by atoms with E-state index < -0.39 is 5.97 Å². The van der Waals surface area contributed by atoms with Crippen LogP contribution in [-0.2, 0) is 11.4 Å². The molecule has 108 valence electrons. The quantitative estimate of drug-likeness (QED) is 0.813. The smallest absolute Gasteiger partial charge is 0.328 e. The molecule has 0 aromatic heterocycles. The summed E-state index contributed by atoms with van der Waals surface area (Å²) in [6, 6.07) is 12.3. The van der Waals surface area contributed by atoms with Crippen LogP contribution >= 0.6 is 23.2 Å². The first-order valence-corrected chi connectivity index (χ1v) is 6.88. The number of rotatable bonds is 5. The van der Waals surface area contributed by atoms with Crippen molar-refractivity contribution in [2.45, 2.75) is 6.61 Å².